The number of halogens is 2. The summed E-state index contributed by atoms with van der Waals surface area (Å²) in [6.07, 6.45) is 0. The standard InChI is InChI=1S/C13H18FN3O.HI/c1-13(18,10-3-5-11(14)6-4-10)9-16-12-15-7-8-17(12)2;/h3-6,18H,7-9H2,1-2H3,(H,15,16);1H. The molecule has 1 aromatic carbocycles. The summed E-state index contributed by atoms with van der Waals surface area (Å²) in [7, 11) is 1.95. The van der Waals surface area contributed by atoms with E-state index in [9.17, 15) is 9.50 Å². The van der Waals surface area contributed by atoms with Crippen LogP contribution in [0.5, 0.6) is 0 Å². The molecule has 0 fully saturated rings. The van der Waals surface area contributed by atoms with Crippen LogP contribution in [0.3, 0.4) is 0 Å². The van der Waals surface area contributed by atoms with Crippen LogP contribution in [-0.4, -0.2) is 42.6 Å². The fourth-order valence-electron chi connectivity index (χ4n) is 1.89. The number of hydrogen-bond acceptors (Lipinski definition) is 4. The van der Waals surface area contributed by atoms with Gasteiger partial charge in [-0.15, -0.1) is 24.0 Å². The van der Waals surface area contributed by atoms with Crippen molar-refractivity contribution in [3.8, 4) is 0 Å². The fraction of sp³-hybridized carbons (Fsp3) is 0.462. The zero-order valence-corrected chi connectivity index (χ0v) is 13.4. The van der Waals surface area contributed by atoms with Crippen LogP contribution in [-0.2, 0) is 5.60 Å². The molecule has 0 amide bonds. The Kier molecular flexibility index (Phi) is 5.54. The van der Waals surface area contributed by atoms with E-state index in [0.29, 0.717) is 12.1 Å². The van der Waals surface area contributed by atoms with Gasteiger partial charge in [0.25, 0.3) is 0 Å². The van der Waals surface area contributed by atoms with Gasteiger partial charge in [0.2, 0.25) is 0 Å². The fourth-order valence-corrected chi connectivity index (χ4v) is 1.89. The van der Waals surface area contributed by atoms with Crippen molar-refractivity contribution in [2.45, 2.75) is 12.5 Å². The second-order valence-electron chi connectivity index (χ2n) is 4.76. The van der Waals surface area contributed by atoms with Crippen molar-refractivity contribution < 1.29 is 9.50 Å². The van der Waals surface area contributed by atoms with E-state index >= 15 is 0 Å². The highest BCUT2D eigenvalue weighted by Gasteiger charge is 2.24. The Hall–Kier alpha value is -0.890. The minimum Gasteiger partial charge on any atom is -0.384 e. The summed E-state index contributed by atoms with van der Waals surface area (Å²) in [5.41, 5.74) is -0.378. The van der Waals surface area contributed by atoms with Gasteiger partial charge in [0, 0.05) is 13.6 Å². The lowest BCUT2D eigenvalue weighted by atomic mass is 9.96. The molecular formula is C13H19FIN3O. The second-order valence-corrected chi connectivity index (χ2v) is 4.76. The first-order valence-electron chi connectivity index (χ1n) is 5.97. The van der Waals surface area contributed by atoms with Gasteiger partial charge in [-0.25, -0.2) is 4.39 Å². The number of aliphatic hydroxyl groups is 1. The zero-order valence-electron chi connectivity index (χ0n) is 11.1. The van der Waals surface area contributed by atoms with E-state index < -0.39 is 5.60 Å². The number of nitrogens with one attached hydrogen (secondary N) is 1. The molecule has 106 valence electrons. The van der Waals surface area contributed by atoms with Crippen molar-refractivity contribution in [1.29, 1.82) is 0 Å². The highest BCUT2D eigenvalue weighted by molar-refractivity contribution is 14.0. The van der Waals surface area contributed by atoms with E-state index in [1.165, 1.54) is 12.1 Å². The molecule has 0 bridgehead atoms. The smallest absolute Gasteiger partial charge is 0.193 e. The van der Waals surface area contributed by atoms with Crippen LogP contribution in [0, 0.1) is 5.82 Å². The predicted octanol–water partition coefficient (Wildman–Crippen LogP) is 1.54. The van der Waals surface area contributed by atoms with Gasteiger partial charge in [0.1, 0.15) is 11.4 Å². The first kappa shape index (κ1) is 16.2. The molecule has 1 aliphatic heterocycles. The maximum atomic E-state index is 12.8. The maximum Gasteiger partial charge on any atom is 0.193 e. The molecule has 1 aliphatic rings. The van der Waals surface area contributed by atoms with Gasteiger partial charge in [0.05, 0.1) is 13.1 Å². The number of hydrogen-bond donors (Lipinski definition) is 2. The molecular weight excluding hydrogens is 360 g/mol. The molecule has 0 saturated carbocycles. The second kappa shape index (κ2) is 6.51. The third kappa shape index (κ3) is 4.04. The van der Waals surface area contributed by atoms with Crippen LogP contribution in [0.1, 0.15) is 12.5 Å². The Labute approximate surface area is 129 Å². The zero-order chi connectivity index (χ0) is 13.2. The van der Waals surface area contributed by atoms with Gasteiger partial charge >= 0.3 is 0 Å². The molecule has 0 radical (unpaired) electrons. The monoisotopic (exact) mass is 379 g/mol. The Morgan fingerprint density at radius 3 is 2.58 bits per heavy atom. The van der Waals surface area contributed by atoms with Crippen molar-refractivity contribution >= 4 is 29.9 Å². The summed E-state index contributed by atoms with van der Waals surface area (Å²) >= 11 is 0. The molecule has 1 heterocycles. The van der Waals surface area contributed by atoms with Crippen LogP contribution in [0.2, 0.25) is 0 Å². The summed E-state index contributed by atoms with van der Waals surface area (Å²) < 4.78 is 12.8. The Bertz CT molecular complexity index is 448. The molecule has 19 heavy (non-hydrogen) atoms. The summed E-state index contributed by atoms with van der Waals surface area (Å²) in [6, 6.07) is 5.89. The maximum absolute atomic E-state index is 12.8. The van der Waals surface area contributed by atoms with E-state index in [0.717, 1.165) is 19.0 Å². The normalized spacial score (nSPS) is 17.5. The van der Waals surface area contributed by atoms with Crippen molar-refractivity contribution in [3.05, 3.63) is 35.6 Å². The molecule has 0 aliphatic carbocycles. The van der Waals surface area contributed by atoms with Crippen LogP contribution >= 0.6 is 24.0 Å². The number of nitrogens with zero attached hydrogens (tertiary/aromatic N) is 2. The first-order chi connectivity index (χ1) is 8.49. The van der Waals surface area contributed by atoms with Crippen LogP contribution in [0.15, 0.2) is 29.3 Å². The van der Waals surface area contributed by atoms with E-state index in [-0.39, 0.29) is 29.8 Å². The topological polar surface area (TPSA) is 47.9 Å². The molecule has 2 N–H and O–H groups in total. The Morgan fingerprint density at radius 2 is 2.05 bits per heavy atom. The third-order valence-electron chi connectivity index (χ3n) is 3.12. The van der Waals surface area contributed by atoms with Gasteiger partial charge in [-0.1, -0.05) is 12.1 Å². The van der Waals surface area contributed by atoms with E-state index in [2.05, 4.69) is 10.3 Å². The average molecular weight is 379 g/mol. The van der Waals surface area contributed by atoms with E-state index in [4.69, 9.17) is 0 Å². The predicted molar refractivity (Wildman–Crippen MR) is 84.3 cm³/mol. The van der Waals surface area contributed by atoms with Crippen LogP contribution in [0.4, 0.5) is 4.39 Å². The van der Waals surface area contributed by atoms with Crippen LogP contribution in [0.25, 0.3) is 0 Å². The summed E-state index contributed by atoms with van der Waals surface area (Å²) in [5.74, 6) is 0.486. The minimum absolute atomic E-state index is 0. The van der Waals surface area contributed by atoms with E-state index in [1.54, 1.807) is 19.1 Å². The van der Waals surface area contributed by atoms with Gasteiger partial charge in [-0.2, -0.15) is 0 Å². The summed E-state index contributed by atoms with van der Waals surface area (Å²) in [5, 5.41) is 13.5. The molecule has 1 aromatic rings. The van der Waals surface area contributed by atoms with Crippen molar-refractivity contribution in [1.82, 2.24) is 10.2 Å². The average Bonchev–Trinajstić information content (AvgIpc) is 2.73. The number of guanidine groups is 1. The van der Waals surface area contributed by atoms with Gasteiger partial charge in [-0.05, 0) is 24.6 Å². The van der Waals surface area contributed by atoms with Crippen molar-refractivity contribution in [2.75, 3.05) is 26.7 Å². The molecule has 1 unspecified atom stereocenters. The summed E-state index contributed by atoms with van der Waals surface area (Å²) in [4.78, 5) is 6.29. The van der Waals surface area contributed by atoms with Crippen molar-refractivity contribution in [3.63, 3.8) is 0 Å². The minimum atomic E-state index is -1.06. The van der Waals surface area contributed by atoms with Gasteiger partial charge in [0.15, 0.2) is 5.96 Å². The van der Waals surface area contributed by atoms with Crippen LogP contribution < -0.4 is 5.32 Å². The molecule has 2 rings (SSSR count). The number of aliphatic imine (C=N–C) groups is 1. The lowest BCUT2D eigenvalue weighted by molar-refractivity contribution is 0.0612. The SMILES string of the molecule is CN1CCN=C1NCC(C)(O)c1ccc(F)cc1.I. The highest BCUT2D eigenvalue weighted by Crippen LogP contribution is 2.20. The molecule has 0 aromatic heterocycles. The lowest BCUT2D eigenvalue weighted by Crippen LogP contribution is -2.43. The third-order valence-corrected chi connectivity index (χ3v) is 3.12. The molecule has 0 spiro atoms. The largest absolute Gasteiger partial charge is 0.384 e. The Morgan fingerprint density at radius 1 is 1.42 bits per heavy atom. The first-order valence-corrected chi connectivity index (χ1v) is 5.97. The molecule has 0 saturated heterocycles. The van der Waals surface area contributed by atoms with Gasteiger partial charge < -0.3 is 15.3 Å². The Balaban J connectivity index is 0.00000180. The molecule has 6 heteroatoms. The molecule has 4 nitrogen and oxygen atoms in total. The van der Waals surface area contributed by atoms with Gasteiger partial charge in [-0.3, -0.25) is 4.99 Å². The number of likely N-dealkylation sites (N-methyl/N-ethyl adjacent to an activating group) is 1. The number of benzene rings is 1. The van der Waals surface area contributed by atoms with Crippen molar-refractivity contribution in [2.24, 2.45) is 4.99 Å². The summed E-state index contributed by atoms with van der Waals surface area (Å²) in [6.45, 7) is 3.70. The highest BCUT2D eigenvalue weighted by atomic mass is 127. The lowest BCUT2D eigenvalue weighted by Gasteiger charge is -2.26. The quantitative estimate of drug-likeness (QED) is 0.784. The number of rotatable bonds is 3. The molecule has 1 atom stereocenters. The van der Waals surface area contributed by atoms with E-state index in [1.807, 2.05) is 11.9 Å².